The molecule has 0 atom stereocenters. The minimum absolute atomic E-state index is 0.0544. The molecule has 2 aromatic carbocycles. The van der Waals surface area contributed by atoms with Gasteiger partial charge in [-0.15, -0.1) is 0 Å². The third-order valence-electron chi connectivity index (χ3n) is 3.71. The van der Waals surface area contributed by atoms with E-state index >= 15 is 0 Å². The van der Waals surface area contributed by atoms with Gasteiger partial charge in [0.15, 0.2) is 10.9 Å². The van der Waals surface area contributed by atoms with Crippen molar-refractivity contribution in [1.29, 1.82) is 0 Å². The van der Waals surface area contributed by atoms with Crippen LogP contribution in [0.4, 0.5) is 11.4 Å². The van der Waals surface area contributed by atoms with E-state index in [-0.39, 0.29) is 5.78 Å². The molecule has 0 amide bonds. The Morgan fingerprint density at radius 2 is 1.70 bits per heavy atom. The third-order valence-corrected chi connectivity index (χ3v) is 3.92. The predicted octanol–water partition coefficient (Wildman–Crippen LogP) is 5.13. The van der Waals surface area contributed by atoms with Crippen molar-refractivity contribution in [3.63, 3.8) is 0 Å². The molecule has 3 nitrogen and oxygen atoms in total. The van der Waals surface area contributed by atoms with Crippen molar-refractivity contribution >= 4 is 34.5 Å². The van der Waals surface area contributed by atoms with E-state index in [4.69, 9.17) is 12.2 Å². The van der Waals surface area contributed by atoms with Gasteiger partial charge in [-0.1, -0.05) is 32.0 Å². The van der Waals surface area contributed by atoms with Crippen molar-refractivity contribution in [1.82, 2.24) is 0 Å². The molecule has 0 aliphatic carbocycles. The molecule has 0 heterocycles. The molecule has 0 unspecified atom stereocenters. The summed E-state index contributed by atoms with van der Waals surface area (Å²) >= 11 is 5.42. The van der Waals surface area contributed by atoms with Gasteiger partial charge in [0.2, 0.25) is 0 Å². The molecule has 0 aromatic heterocycles. The SMILES string of the molecule is CC(=O)c1ccc(NC(=S)Nc2c(C)cccc2C(C)C)cc1. The standard InChI is InChI=1S/C19H22N2OS/c1-12(2)17-7-5-6-13(3)18(17)21-19(23)20-16-10-8-15(9-11-16)14(4)22/h5-12H,1-4H3,(H2,20,21,23). The van der Waals surface area contributed by atoms with E-state index in [0.29, 0.717) is 16.6 Å². The van der Waals surface area contributed by atoms with Crippen molar-refractivity contribution in [3.8, 4) is 0 Å². The Balaban J connectivity index is 2.12. The van der Waals surface area contributed by atoms with Gasteiger partial charge in [-0.3, -0.25) is 4.79 Å². The van der Waals surface area contributed by atoms with Crippen molar-refractivity contribution in [3.05, 3.63) is 59.2 Å². The van der Waals surface area contributed by atoms with Crippen LogP contribution in [0.25, 0.3) is 0 Å². The van der Waals surface area contributed by atoms with E-state index in [0.717, 1.165) is 16.9 Å². The number of carbonyl (C=O) groups is 1. The first-order valence-electron chi connectivity index (χ1n) is 7.67. The van der Waals surface area contributed by atoms with Gasteiger partial charge in [0.1, 0.15) is 0 Å². The zero-order valence-electron chi connectivity index (χ0n) is 13.9. The largest absolute Gasteiger partial charge is 0.332 e. The molecule has 2 rings (SSSR count). The van der Waals surface area contributed by atoms with Crippen LogP contribution in [0.5, 0.6) is 0 Å². The van der Waals surface area contributed by atoms with Crippen LogP contribution < -0.4 is 10.6 Å². The normalized spacial score (nSPS) is 10.5. The van der Waals surface area contributed by atoms with Gasteiger partial charge in [-0.05, 0) is 67.4 Å². The highest BCUT2D eigenvalue weighted by molar-refractivity contribution is 7.80. The molecule has 2 N–H and O–H groups in total. The summed E-state index contributed by atoms with van der Waals surface area (Å²) in [5.74, 6) is 0.466. The maximum Gasteiger partial charge on any atom is 0.175 e. The van der Waals surface area contributed by atoms with Crippen LogP contribution in [-0.2, 0) is 0 Å². The van der Waals surface area contributed by atoms with Crippen LogP contribution in [0.15, 0.2) is 42.5 Å². The fraction of sp³-hybridized carbons (Fsp3) is 0.263. The Morgan fingerprint density at radius 3 is 2.26 bits per heavy atom. The average Bonchev–Trinajstić information content (AvgIpc) is 2.49. The highest BCUT2D eigenvalue weighted by Crippen LogP contribution is 2.27. The van der Waals surface area contributed by atoms with Crippen LogP contribution in [0, 0.1) is 6.92 Å². The van der Waals surface area contributed by atoms with E-state index in [9.17, 15) is 4.79 Å². The van der Waals surface area contributed by atoms with Gasteiger partial charge >= 0.3 is 0 Å². The van der Waals surface area contributed by atoms with Crippen LogP contribution in [-0.4, -0.2) is 10.9 Å². The zero-order valence-corrected chi connectivity index (χ0v) is 14.8. The average molecular weight is 326 g/mol. The van der Waals surface area contributed by atoms with Gasteiger partial charge in [-0.2, -0.15) is 0 Å². The summed E-state index contributed by atoms with van der Waals surface area (Å²) in [6.07, 6.45) is 0. The molecule has 0 saturated heterocycles. The molecular weight excluding hydrogens is 304 g/mol. The van der Waals surface area contributed by atoms with E-state index < -0.39 is 0 Å². The summed E-state index contributed by atoms with van der Waals surface area (Å²) in [6, 6.07) is 13.5. The summed E-state index contributed by atoms with van der Waals surface area (Å²) in [7, 11) is 0. The lowest BCUT2D eigenvalue weighted by molar-refractivity contribution is 0.101. The number of hydrogen-bond donors (Lipinski definition) is 2. The molecule has 23 heavy (non-hydrogen) atoms. The fourth-order valence-corrected chi connectivity index (χ4v) is 2.63. The molecule has 0 saturated carbocycles. The Labute approximate surface area is 143 Å². The maximum absolute atomic E-state index is 11.3. The monoisotopic (exact) mass is 326 g/mol. The smallest absolute Gasteiger partial charge is 0.175 e. The molecule has 0 bridgehead atoms. The van der Waals surface area contributed by atoms with Gasteiger partial charge in [0.25, 0.3) is 0 Å². The van der Waals surface area contributed by atoms with Crippen LogP contribution >= 0.6 is 12.2 Å². The number of hydrogen-bond acceptors (Lipinski definition) is 2. The van der Waals surface area contributed by atoms with Crippen molar-refractivity contribution in [2.45, 2.75) is 33.6 Å². The third kappa shape index (κ3) is 4.39. The lowest BCUT2D eigenvalue weighted by Crippen LogP contribution is -2.20. The predicted molar refractivity (Wildman–Crippen MR) is 102 cm³/mol. The lowest BCUT2D eigenvalue weighted by Gasteiger charge is -2.18. The molecule has 2 aromatic rings. The minimum Gasteiger partial charge on any atom is -0.332 e. The summed E-state index contributed by atoms with van der Waals surface area (Å²) in [5.41, 5.74) is 5.00. The number of para-hydroxylation sites is 1. The van der Waals surface area contributed by atoms with Gasteiger partial charge < -0.3 is 10.6 Å². The summed E-state index contributed by atoms with van der Waals surface area (Å²) < 4.78 is 0. The Bertz CT molecular complexity index is 721. The highest BCUT2D eigenvalue weighted by Gasteiger charge is 2.10. The second kappa shape index (κ2) is 7.38. The minimum atomic E-state index is 0.0544. The van der Waals surface area contributed by atoms with Crippen LogP contribution in [0.1, 0.15) is 48.2 Å². The van der Waals surface area contributed by atoms with Crippen molar-refractivity contribution < 1.29 is 4.79 Å². The molecule has 0 aliphatic rings. The number of Topliss-reactive ketones (excluding diaryl/α,β-unsaturated/α-hetero) is 1. The maximum atomic E-state index is 11.3. The molecule has 4 heteroatoms. The number of carbonyl (C=O) groups excluding carboxylic acids is 1. The number of anilines is 2. The van der Waals surface area contributed by atoms with Gasteiger partial charge in [0.05, 0.1) is 0 Å². The number of benzene rings is 2. The number of thiocarbonyl (C=S) groups is 1. The van der Waals surface area contributed by atoms with Crippen LogP contribution in [0.2, 0.25) is 0 Å². The number of nitrogens with one attached hydrogen (secondary N) is 2. The molecule has 0 aliphatic heterocycles. The Hall–Kier alpha value is -2.20. The number of ketones is 1. The lowest BCUT2D eigenvalue weighted by atomic mass is 9.98. The Morgan fingerprint density at radius 1 is 1.04 bits per heavy atom. The van der Waals surface area contributed by atoms with E-state index in [2.05, 4.69) is 49.6 Å². The number of aryl methyl sites for hydroxylation is 1. The second-order valence-electron chi connectivity index (χ2n) is 5.91. The van der Waals surface area contributed by atoms with Crippen molar-refractivity contribution in [2.75, 3.05) is 10.6 Å². The van der Waals surface area contributed by atoms with Crippen LogP contribution in [0.3, 0.4) is 0 Å². The molecule has 0 spiro atoms. The summed E-state index contributed by atoms with van der Waals surface area (Å²) in [6.45, 7) is 7.95. The summed E-state index contributed by atoms with van der Waals surface area (Å²) in [5, 5.41) is 7.00. The number of rotatable bonds is 4. The fourth-order valence-electron chi connectivity index (χ4n) is 2.41. The Kier molecular flexibility index (Phi) is 5.50. The molecular formula is C19H22N2OS. The van der Waals surface area contributed by atoms with E-state index in [1.165, 1.54) is 5.56 Å². The van der Waals surface area contributed by atoms with Gasteiger partial charge in [-0.25, -0.2) is 0 Å². The second-order valence-corrected chi connectivity index (χ2v) is 6.31. The zero-order chi connectivity index (χ0) is 17.0. The van der Waals surface area contributed by atoms with E-state index in [1.54, 1.807) is 19.1 Å². The first-order valence-corrected chi connectivity index (χ1v) is 8.08. The first kappa shape index (κ1) is 17.2. The van der Waals surface area contributed by atoms with E-state index in [1.807, 2.05) is 12.1 Å². The topological polar surface area (TPSA) is 41.1 Å². The van der Waals surface area contributed by atoms with Crippen molar-refractivity contribution in [2.24, 2.45) is 0 Å². The molecule has 120 valence electrons. The quantitative estimate of drug-likeness (QED) is 0.603. The highest BCUT2D eigenvalue weighted by atomic mass is 32.1. The molecule has 0 radical (unpaired) electrons. The summed E-state index contributed by atoms with van der Waals surface area (Å²) in [4.78, 5) is 11.3. The molecule has 0 fully saturated rings. The van der Waals surface area contributed by atoms with Gasteiger partial charge in [0, 0.05) is 16.9 Å². The first-order chi connectivity index (χ1) is 10.9.